The summed E-state index contributed by atoms with van der Waals surface area (Å²) in [5, 5.41) is 13.8. The molecule has 0 radical (unpaired) electrons. The molecule has 0 saturated heterocycles. The zero-order valence-corrected chi connectivity index (χ0v) is 9.51. The summed E-state index contributed by atoms with van der Waals surface area (Å²) < 4.78 is 5.01. The number of ether oxygens (including phenoxy) is 1. The number of hydrogen-bond acceptors (Lipinski definition) is 4. The lowest BCUT2D eigenvalue weighted by atomic mass is 10.2. The zero-order valence-electron chi connectivity index (χ0n) is 9.51. The van der Waals surface area contributed by atoms with Gasteiger partial charge in [-0.05, 0) is 6.07 Å². The average molecular weight is 237 g/mol. The number of rotatable bonds is 5. The van der Waals surface area contributed by atoms with Crippen LogP contribution in [0.1, 0.15) is 12.0 Å². The summed E-state index contributed by atoms with van der Waals surface area (Å²) in [7, 11) is 1.58. The fourth-order valence-corrected chi connectivity index (χ4v) is 1.32. The van der Waals surface area contributed by atoms with Crippen molar-refractivity contribution in [2.75, 3.05) is 12.4 Å². The molecule has 0 bridgehead atoms. The number of para-hydroxylation sites is 1. The summed E-state index contributed by atoms with van der Waals surface area (Å²) in [6.45, 7) is 0.403. The predicted octanol–water partition coefficient (Wildman–Crippen LogP) is 0.908. The molecule has 1 aromatic rings. The van der Waals surface area contributed by atoms with Crippen LogP contribution in [0, 0.1) is 0 Å². The van der Waals surface area contributed by atoms with Gasteiger partial charge in [0.25, 0.3) is 0 Å². The predicted molar refractivity (Wildman–Crippen MR) is 63.8 cm³/mol. The number of carbonyl (C=O) groups is 1. The maximum atomic E-state index is 11.5. The van der Waals surface area contributed by atoms with Crippen LogP contribution in [0.25, 0.3) is 0 Å². The molecule has 0 heterocycles. The second-order valence-corrected chi connectivity index (χ2v) is 3.41. The third-order valence-electron chi connectivity index (χ3n) is 2.06. The molecular weight excluding hydrogens is 222 g/mol. The van der Waals surface area contributed by atoms with Crippen LogP contribution in [0.15, 0.2) is 29.4 Å². The maximum absolute atomic E-state index is 11.5. The van der Waals surface area contributed by atoms with Gasteiger partial charge in [-0.3, -0.25) is 4.79 Å². The lowest BCUT2D eigenvalue weighted by Crippen LogP contribution is -2.22. The monoisotopic (exact) mass is 237 g/mol. The van der Waals surface area contributed by atoms with E-state index in [1.165, 1.54) is 0 Å². The summed E-state index contributed by atoms with van der Waals surface area (Å²) >= 11 is 0. The smallest absolute Gasteiger partial charge is 0.232 e. The highest BCUT2D eigenvalue weighted by molar-refractivity contribution is 6.05. The molecule has 0 saturated carbocycles. The van der Waals surface area contributed by atoms with Crippen molar-refractivity contribution in [2.45, 2.75) is 13.0 Å². The molecule has 0 aromatic heterocycles. The van der Waals surface area contributed by atoms with Crippen LogP contribution < -0.4 is 11.1 Å². The van der Waals surface area contributed by atoms with Gasteiger partial charge < -0.3 is 21.0 Å². The van der Waals surface area contributed by atoms with Crippen molar-refractivity contribution < 1.29 is 14.7 Å². The quantitative estimate of drug-likeness (QED) is 0.307. The number of nitrogens with two attached hydrogens (primary N) is 1. The van der Waals surface area contributed by atoms with Gasteiger partial charge in [-0.1, -0.05) is 23.4 Å². The first-order valence-corrected chi connectivity index (χ1v) is 5.00. The Morgan fingerprint density at radius 2 is 2.24 bits per heavy atom. The molecule has 0 aliphatic rings. The molecule has 1 aromatic carbocycles. The molecule has 6 nitrogen and oxygen atoms in total. The minimum atomic E-state index is -0.344. The minimum Gasteiger partial charge on any atom is -0.409 e. The van der Waals surface area contributed by atoms with Gasteiger partial charge in [0.2, 0.25) is 5.91 Å². The second kappa shape index (κ2) is 6.49. The number of nitrogens with one attached hydrogen (secondary N) is 1. The number of nitrogens with zero attached hydrogens (tertiary/aromatic N) is 1. The van der Waals surface area contributed by atoms with Crippen molar-refractivity contribution in [1.29, 1.82) is 0 Å². The number of carbonyl (C=O) groups excluding carboxylic acids is 1. The molecule has 0 aliphatic carbocycles. The Morgan fingerprint density at radius 1 is 1.53 bits per heavy atom. The lowest BCUT2D eigenvalue weighted by molar-refractivity contribution is -0.115. The highest BCUT2D eigenvalue weighted by atomic mass is 16.5. The van der Waals surface area contributed by atoms with E-state index >= 15 is 0 Å². The first-order valence-electron chi connectivity index (χ1n) is 5.00. The number of oxime groups is 1. The van der Waals surface area contributed by atoms with Gasteiger partial charge in [0.05, 0.1) is 13.0 Å². The zero-order chi connectivity index (χ0) is 12.7. The summed E-state index contributed by atoms with van der Waals surface area (Å²) in [5.41, 5.74) is 6.76. The molecular formula is C11H15N3O3. The molecule has 0 fully saturated rings. The molecule has 6 heteroatoms. The van der Waals surface area contributed by atoms with Crippen LogP contribution in [0.4, 0.5) is 5.69 Å². The van der Waals surface area contributed by atoms with Crippen LogP contribution >= 0.6 is 0 Å². The van der Waals surface area contributed by atoms with Crippen LogP contribution in [0.5, 0.6) is 0 Å². The summed E-state index contributed by atoms with van der Waals surface area (Å²) in [4.78, 5) is 11.5. The van der Waals surface area contributed by atoms with Crippen molar-refractivity contribution in [3.63, 3.8) is 0 Å². The van der Waals surface area contributed by atoms with Crippen molar-refractivity contribution >= 4 is 17.4 Å². The van der Waals surface area contributed by atoms with E-state index in [4.69, 9.17) is 15.7 Å². The van der Waals surface area contributed by atoms with Crippen LogP contribution in [0.3, 0.4) is 0 Å². The highest BCUT2D eigenvalue weighted by Crippen LogP contribution is 2.15. The summed E-state index contributed by atoms with van der Waals surface area (Å²) in [5.74, 6) is -0.476. The Balaban J connectivity index is 2.70. The van der Waals surface area contributed by atoms with Crippen LogP contribution in [-0.2, 0) is 16.1 Å². The standard InChI is InChI=1S/C11H15N3O3/c1-17-7-8-4-2-3-5-9(8)13-11(15)6-10(12)14-16/h2-5,16H,6-7H2,1H3,(H2,12,14)(H,13,15). The Kier molecular flexibility index (Phi) is 4.96. The largest absolute Gasteiger partial charge is 0.409 e. The third kappa shape index (κ3) is 4.12. The van der Waals surface area contributed by atoms with Gasteiger partial charge in [-0.2, -0.15) is 0 Å². The number of methoxy groups -OCH3 is 1. The average Bonchev–Trinajstić information content (AvgIpc) is 2.31. The third-order valence-corrected chi connectivity index (χ3v) is 2.06. The Morgan fingerprint density at radius 3 is 2.88 bits per heavy atom. The second-order valence-electron chi connectivity index (χ2n) is 3.41. The van der Waals surface area contributed by atoms with Crippen molar-refractivity contribution in [2.24, 2.45) is 10.9 Å². The Hall–Kier alpha value is -2.08. The topological polar surface area (TPSA) is 96.9 Å². The molecule has 17 heavy (non-hydrogen) atoms. The molecule has 1 rings (SSSR count). The van der Waals surface area contributed by atoms with Gasteiger partial charge in [-0.25, -0.2) is 0 Å². The van der Waals surface area contributed by atoms with Gasteiger partial charge in [0.1, 0.15) is 5.84 Å². The first-order chi connectivity index (χ1) is 8.17. The SMILES string of the molecule is COCc1ccccc1NC(=O)CC(N)=NO. The Bertz CT molecular complexity index is 418. The van der Waals surface area contributed by atoms with E-state index in [-0.39, 0.29) is 18.2 Å². The van der Waals surface area contributed by atoms with Gasteiger partial charge in [-0.15, -0.1) is 0 Å². The summed E-state index contributed by atoms with van der Waals surface area (Å²) in [6.07, 6.45) is -0.155. The number of amidine groups is 1. The lowest BCUT2D eigenvalue weighted by Gasteiger charge is -2.09. The van der Waals surface area contributed by atoms with E-state index in [1.807, 2.05) is 12.1 Å². The molecule has 4 N–H and O–H groups in total. The number of benzene rings is 1. The fraction of sp³-hybridized carbons (Fsp3) is 0.273. The molecule has 0 atom stereocenters. The Labute approximate surface area is 99.1 Å². The number of anilines is 1. The molecule has 92 valence electrons. The molecule has 0 spiro atoms. The summed E-state index contributed by atoms with van der Waals surface area (Å²) in [6, 6.07) is 7.27. The van der Waals surface area contributed by atoms with Crippen molar-refractivity contribution in [3.8, 4) is 0 Å². The van der Waals surface area contributed by atoms with Crippen LogP contribution in [-0.4, -0.2) is 24.1 Å². The van der Waals surface area contributed by atoms with E-state index in [0.29, 0.717) is 12.3 Å². The van der Waals surface area contributed by atoms with Gasteiger partial charge in [0, 0.05) is 18.4 Å². The number of amides is 1. The van der Waals surface area contributed by atoms with Crippen molar-refractivity contribution in [1.82, 2.24) is 0 Å². The van der Waals surface area contributed by atoms with E-state index in [1.54, 1.807) is 19.2 Å². The molecule has 0 unspecified atom stereocenters. The van der Waals surface area contributed by atoms with E-state index in [0.717, 1.165) is 5.56 Å². The fourth-order valence-electron chi connectivity index (χ4n) is 1.32. The molecule has 1 amide bonds. The van der Waals surface area contributed by atoms with E-state index < -0.39 is 0 Å². The molecule has 0 aliphatic heterocycles. The first kappa shape index (κ1) is 13.0. The van der Waals surface area contributed by atoms with Gasteiger partial charge >= 0.3 is 0 Å². The normalized spacial score (nSPS) is 11.2. The van der Waals surface area contributed by atoms with E-state index in [9.17, 15) is 4.79 Å². The minimum absolute atomic E-state index is 0.133. The van der Waals surface area contributed by atoms with E-state index in [2.05, 4.69) is 10.5 Å². The van der Waals surface area contributed by atoms with Crippen LogP contribution in [0.2, 0.25) is 0 Å². The highest BCUT2D eigenvalue weighted by Gasteiger charge is 2.08. The number of hydrogen-bond donors (Lipinski definition) is 3. The van der Waals surface area contributed by atoms with Crippen molar-refractivity contribution in [3.05, 3.63) is 29.8 Å². The van der Waals surface area contributed by atoms with Gasteiger partial charge in [0.15, 0.2) is 0 Å². The maximum Gasteiger partial charge on any atom is 0.232 e.